The zero-order valence-electron chi connectivity index (χ0n) is 14.2. The first-order valence-corrected chi connectivity index (χ1v) is 10.1. The van der Waals surface area contributed by atoms with Crippen LogP contribution in [0.5, 0.6) is 0 Å². The van der Waals surface area contributed by atoms with Crippen molar-refractivity contribution in [3.05, 3.63) is 80.2 Å². The van der Waals surface area contributed by atoms with Crippen LogP contribution in [-0.4, -0.2) is 11.8 Å². The minimum absolute atomic E-state index is 0.0830. The van der Waals surface area contributed by atoms with Crippen molar-refractivity contribution in [1.29, 1.82) is 0 Å². The average Bonchev–Trinajstić information content (AvgIpc) is 3.41. The van der Waals surface area contributed by atoms with Crippen LogP contribution in [0.1, 0.15) is 38.0 Å². The summed E-state index contributed by atoms with van der Waals surface area (Å²) >= 11 is 2.51. The SMILES string of the molecule is O=C1C[C@@H](c2ccc(C(F)(F)F)cc2)[C@@](C(=O)c2cccs2)(c2cccs2)O1. The molecule has 0 spiro atoms. The van der Waals surface area contributed by atoms with Gasteiger partial charge >= 0.3 is 12.1 Å². The molecule has 0 amide bonds. The van der Waals surface area contributed by atoms with Crippen LogP contribution in [0.3, 0.4) is 0 Å². The number of ether oxygens (including phenoxy) is 1. The summed E-state index contributed by atoms with van der Waals surface area (Å²) < 4.78 is 44.4. The summed E-state index contributed by atoms with van der Waals surface area (Å²) in [5.41, 5.74) is -1.90. The monoisotopic (exact) mass is 422 g/mol. The molecule has 0 unspecified atom stereocenters. The number of hydrogen-bond acceptors (Lipinski definition) is 5. The van der Waals surface area contributed by atoms with Gasteiger partial charge in [-0.2, -0.15) is 13.2 Å². The summed E-state index contributed by atoms with van der Waals surface area (Å²) in [6.07, 6.45) is -4.54. The molecule has 8 heteroatoms. The number of benzene rings is 1. The maximum Gasteiger partial charge on any atom is 0.416 e. The molecular formula is C20H13F3O3S2. The Hall–Kier alpha value is -2.45. The van der Waals surface area contributed by atoms with Gasteiger partial charge < -0.3 is 4.74 Å². The van der Waals surface area contributed by atoms with E-state index in [1.807, 2.05) is 0 Å². The van der Waals surface area contributed by atoms with Crippen molar-refractivity contribution in [2.45, 2.75) is 24.1 Å². The Bertz CT molecular complexity index is 993. The number of hydrogen-bond donors (Lipinski definition) is 0. The van der Waals surface area contributed by atoms with E-state index in [2.05, 4.69) is 0 Å². The predicted octanol–water partition coefficient (Wildman–Crippen LogP) is 5.64. The van der Waals surface area contributed by atoms with Crippen LogP contribution in [0.2, 0.25) is 0 Å². The maximum atomic E-state index is 13.4. The third kappa shape index (κ3) is 3.06. The number of Topliss-reactive ketones (excluding diaryl/α,β-unsaturated/α-hetero) is 1. The van der Waals surface area contributed by atoms with Crippen LogP contribution in [0.4, 0.5) is 13.2 Å². The molecule has 0 aliphatic carbocycles. The van der Waals surface area contributed by atoms with Gasteiger partial charge in [0.05, 0.1) is 21.7 Å². The van der Waals surface area contributed by atoms with Crippen LogP contribution < -0.4 is 0 Å². The molecule has 0 saturated carbocycles. The van der Waals surface area contributed by atoms with Gasteiger partial charge in [-0.05, 0) is 40.6 Å². The van der Waals surface area contributed by atoms with Crippen LogP contribution in [0, 0.1) is 0 Å². The van der Waals surface area contributed by atoms with Crippen molar-refractivity contribution in [1.82, 2.24) is 0 Å². The molecule has 3 heterocycles. The Labute approximate surface area is 166 Å². The molecule has 1 aromatic carbocycles. The smallest absolute Gasteiger partial charge is 0.416 e. The molecule has 1 saturated heterocycles. The van der Waals surface area contributed by atoms with Crippen LogP contribution in [-0.2, 0) is 21.3 Å². The maximum absolute atomic E-state index is 13.4. The fraction of sp³-hybridized carbons (Fsp3) is 0.200. The van der Waals surface area contributed by atoms with Crippen molar-refractivity contribution in [3.63, 3.8) is 0 Å². The van der Waals surface area contributed by atoms with E-state index in [1.165, 1.54) is 34.8 Å². The van der Waals surface area contributed by atoms with Gasteiger partial charge in [-0.25, -0.2) is 0 Å². The van der Waals surface area contributed by atoms with Gasteiger partial charge in [-0.15, -0.1) is 22.7 Å². The molecular weight excluding hydrogens is 409 g/mol. The van der Waals surface area contributed by atoms with Gasteiger partial charge in [-0.1, -0.05) is 24.3 Å². The van der Waals surface area contributed by atoms with Crippen molar-refractivity contribution in [2.75, 3.05) is 0 Å². The number of carbonyl (C=O) groups excluding carboxylic acids is 2. The summed E-state index contributed by atoms with van der Waals surface area (Å²) in [7, 11) is 0. The lowest BCUT2D eigenvalue weighted by Gasteiger charge is -2.31. The lowest BCUT2D eigenvalue weighted by molar-refractivity contribution is -0.146. The fourth-order valence-corrected chi connectivity index (χ4v) is 5.11. The first kappa shape index (κ1) is 18.9. The third-order valence-electron chi connectivity index (χ3n) is 4.75. The van der Waals surface area contributed by atoms with Crippen LogP contribution in [0.25, 0.3) is 0 Å². The fourth-order valence-electron chi connectivity index (χ4n) is 3.48. The Morgan fingerprint density at radius 1 is 1.04 bits per heavy atom. The first-order chi connectivity index (χ1) is 13.3. The molecule has 3 nitrogen and oxygen atoms in total. The molecule has 2 aromatic heterocycles. The van der Waals surface area contributed by atoms with E-state index in [4.69, 9.17) is 4.74 Å². The first-order valence-electron chi connectivity index (χ1n) is 8.33. The normalized spacial score (nSPS) is 22.2. The number of rotatable bonds is 4. The Balaban J connectivity index is 1.84. The molecule has 1 fully saturated rings. The molecule has 1 aliphatic heterocycles. The van der Waals surface area contributed by atoms with Crippen molar-refractivity contribution < 1.29 is 27.5 Å². The Morgan fingerprint density at radius 2 is 1.71 bits per heavy atom. The van der Waals surface area contributed by atoms with E-state index in [1.54, 1.807) is 35.0 Å². The van der Waals surface area contributed by atoms with Gasteiger partial charge in [0.25, 0.3) is 0 Å². The van der Waals surface area contributed by atoms with E-state index in [0.717, 1.165) is 12.1 Å². The minimum Gasteiger partial charge on any atom is -0.444 e. The van der Waals surface area contributed by atoms with Gasteiger partial charge in [0, 0.05) is 5.92 Å². The standard InChI is InChI=1S/C20H13F3O3S2/c21-20(22,23)13-7-5-12(6-8-13)14-11-17(24)26-19(14,16-4-2-10-28-16)18(25)15-3-1-9-27-15/h1-10,14H,11H2/t14-,19-/m0/s1. The summed E-state index contributed by atoms with van der Waals surface area (Å²) in [5.74, 6) is -1.63. The molecule has 2 atom stereocenters. The number of carbonyl (C=O) groups is 2. The summed E-state index contributed by atoms with van der Waals surface area (Å²) in [4.78, 5) is 26.7. The van der Waals surface area contributed by atoms with Gasteiger partial charge in [0.15, 0.2) is 0 Å². The lowest BCUT2D eigenvalue weighted by atomic mass is 9.77. The summed E-state index contributed by atoms with van der Waals surface area (Å²) in [6.45, 7) is 0. The Kier molecular flexibility index (Phi) is 4.63. The predicted molar refractivity (Wildman–Crippen MR) is 99.5 cm³/mol. The highest BCUT2D eigenvalue weighted by Crippen LogP contribution is 2.51. The number of thiophene rings is 2. The quantitative estimate of drug-likeness (QED) is 0.404. The zero-order chi connectivity index (χ0) is 19.9. The third-order valence-corrected chi connectivity index (χ3v) is 6.60. The van der Waals surface area contributed by atoms with Gasteiger partial charge in [-0.3, -0.25) is 9.59 Å². The molecule has 28 heavy (non-hydrogen) atoms. The van der Waals surface area contributed by atoms with Crippen molar-refractivity contribution in [2.24, 2.45) is 0 Å². The average molecular weight is 422 g/mol. The molecule has 144 valence electrons. The Morgan fingerprint density at radius 3 is 2.29 bits per heavy atom. The number of alkyl halides is 3. The van der Waals surface area contributed by atoms with E-state index >= 15 is 0 Å². The van der Waals surface area contributed by atoms with E-state index in [-0.39, 0.29) is 12.2 Å². The highest BCUT2D eigenvalue weighted by atomic mass is 32.1. The number of esters is 1. The number of halogens is 3. The molecule has 4 rings (SSSR count). The van der Waals surface area contributed by atoms with E-state index in [9.17, 15) is 22.8 Å². The van der Waals surface area contributed by atoms with Crippen molar-refractivity contribution >= 4 is 34.4 Å². The van der Waals surface area contributed by atoms with Gasteiger partial charge in [0.1, 0.15) is 0 Å². The number of cyclic esters (lactones) is 1. The van der Waals surface area contributed by atoms with E-state index < -0.39 is 29.2 Å². The molecule has 3 aromatic rings. The van der Waals surface area contributed by atoms with Gasteiger partial charge in [0.2, 0.25) is 11.4 Å². The minimum atomic E-state index is -4.46. The number of ketones is 1. The molecule has 0 radical (unpaired) electrons. The summed E-state index contributed by atoms with van der Waals surface area (Å²) in [6, 6.07) is 11.4. The summed E-state index contributed by atoms with van der Waals surface area (Å²) in [5, 5.41) is 3.52. The van der Waals surface area contributed by atoms with Crippen LogP contribution >= 0.6 is 22.7 Å². The highest BCUT2D eigenvalue weighted by molar-refractivity contribution is 7.12. The lowest BCUT2D eigenvalue weighted by Crippen LogP contribution is -2.39. The second-order valence-electron chi connectivity index (χ2n) is 6.37. The van der Waals surface area contributed by atoms with Crippen LogP contribution in [0.15, 0.2) is 59.3 Å². The largest absolute Gasteiger partial charge is 0.444 e. The molecule has 0 bridgehead atoms. The molecule has 1 aliphatic rings. The second-order valence-corrected chi connectivity index (χ2v) is 8.27. The second kappa shape index (κ2) is 6.86. The highest BCUT2D eigenvalue weighted by Gasteiger charge is 2.57. The topological polar surface area (TPSA) is 43.4 Å². The van der Waals surface area contributed by atoms with Crippen molar-refractivity contribution in [3.8, 4) is 0 Å². The van der Waals surface area contributed by atoms with E-state index in [0.29, 0.717) is 15.3 Å². The molecule has 0 N–H and O–H groups in total. The zero-order valence-corrected chi connectivity index (χ0v) is 15.9.